The standard InChI is InChI=1S/C15H22N2O.ClH/c1-12-5-3-4-6-13(12)7-8-15(18)17(2)14-9-10-16-11-14;/h3-6,14,16H,7-11H2,1-2H3;1H. The molecule has 2 rings (SSSR count). The average Bonchev–Trinajstić information content (AvgIpc) is 2.90. The van der Waals surface area contributed by atoms with Gasteiger partial charge < -0.3 is 10.2 Å². The number of amides is 1. The number of nitrogens with zero attached hydrogens (tertiary/aromatic N) is 1. The maximum atomic E-state index is 12.1. The van der Waals surface area contributed by atoms with Crippen LogP contribution < -0.4 is 5.32 Å². The van der Waals surface area contributed by atoms with E-state index in [1.165, 1.54) is 11.1 Å². The van der Waals surface area contributed by atoms with E-state index in [9.17, 15) is 4.79 Å². The summed E-state index contributed by atoms with van der Waals surface area (Å²) in [5.74, 6) is 0.256. The lowest BCUT2D eigenvalue weighted by Crippen LogP contribution is -2.38. The number of likely N-dealkylation sites (N-methyl/N-ethyl adjacent to an activating group) is 1. The van der Waals surface area contributed by atoms with Crippen LogP contribution in [0.5, 0.6) is 0 Å². The zero-order valence-electron chi connectivity index (χ0n) is 11.7. The Bertz CT molecular complexity index is 416. The van der Waals surface area contributed by atoms with Crippen LogP contribution in [0.1, 0.15) is 24.0 Å². The van der Waals surface area contributed by atoms with Crippen molar-refractivity contribution in [1.29, 1.82) is 0 Å². The number of hydrogen-bond donors (Lipinski definition) is 1. The first kappa shape index (κ1) is 16.0. The zero-order valence-corrected chi connectivity index (χ0v) is 12.5. The minimum absolute atomic E-state index is 0. The summed E-state index contributed by atoms with van der Waals surface area (Å²) in [6.45, 7) is 4.07. The first-order chi connectivity index (χ1) is 8.68. The third-order valence-electron chi connectivity index (χ3n) is 3.84. The zero-order chi connectivity index (χ0) is 13.0. The number of halogens is 1. The van der Waals surface area contributed by atoms with Crippen molar-refractivity contribution in [2.45, 2.75) is 32.2 Å². The maximum Gasteiger partial charge on any atom is 0.222 e. The molecule has 0 bridgehead atoms. The van der Waals surface area contributed by atoms with E-state index in [0.717, 1.165) is 25.9 Å². The largest absolute Gasteiger partial charge is 0.341 e. The SMILES string of the molecule is Cc1ccccc1CCC(=O)N(C)C1CCNC1.Cl. The molecule has 1 aromatic carbocycles. The molecule has 19 heavy (non-hydrogen) atoms. The molecule has 0 radical (unpaired) electrons. The Balaban J connectivity index is 0.00000180. The van der Waals surface area contributed by atoms with Crippen molar-refractivity contribution in [2.24, 2.45) is 0 Å². The first-order valence-corrected chi connectivity index (χ1v) is 6.69. The molecule has 1 aliphatic rings. The molecular formula is C15H23ClN2O. The van der Waals surface area contributed by atoms with E-state index in [1.54, 1.807) is 0 Å². The van der Waals surface area contributed by atoms with Gasteiger partial charge in [-0.05, 0) is 37.4 Å². The van der Waals surface area contributed by atoms with Gasteiger partial charge in [0.2, 0.25) is 5.91 Å². The molecule has 1 N–H and O–H groups in total. The van der Waals surface area contributed by atoms with E-state index in [4.69, 9.17) is 0 Å². The quantitative estimate of drug-likeness (QED) is 0.918. The Morgan fingerprint density at radius 3 is 2.79 bits per heavy atom. The first-order valence-electron chi connectivity index (χ1n) is 6.69. The molecule has 1 unspecified atom stereocenters. The number of nitrogens with one attached hydrogen (secondary N) is 1. The van der Waals surface area contributed by atoms with Crippen LogP contribution in [-0.2, 0) is 11.2 Å². The Hall–Kier alpha value is -1.06. The molecule has 1 amide bonds. The fraction of sp³-hybridized carbons (Fsp3) is 0.533. The molecule has 0 aliphatic carbocycles. The van der Waals surface area contributed by atoms with Crippen LogP contribution in [-0.4, -0.2) is 37.0 Å². The lowest BCUT2D eigenvalue weighted by Gasteiger charge is -2.23. The number of aryl methyl sites for hydroxylation is 2. The van der Waals surface area contributed by atoms with E-state index < -0.39 is 0 Å². The minimum atomic E-state index is 0. The van der Waals surface area contributed by atoms with E-state index in [-0.39, 0.29) is 18.3 Å². The van der Waals surface area contributed by atoms with Crippen LogP contribution in [0.4, 0.5) is 0 Å². The van der Waals surface area contributed by atoms with Crippen molar-refractivity contribution in [3.05, 3.63) is 35.4 Å². The van der Waals surface area contributed by atoms with Gasteiger partial charge in [-0.2, -0.15) is 0 Å². The molecule has 3 nitrogen and oxygen atoms in total. The molecule has 1 atom stereocenters. The summed E-state index contributed by atoms with van der Waals surface area (Å²) in [5, 5.41) is 3.30. The number of hydrogen-bond acceptors (Lipinski definition) is 2. The summed E-state index contributed by atoms with van der Waals surface area (Å²) < 4.78 is 0. The van der Waals surface area contributed by atoms with Gasteiger partial charge in [-0.3, -0.25) is 4.79 Å². The lowest BCUT2D eigenvalue weighted by molar-refractivity contribution is -0.131. The van der Waals surface area contributed by atoms with Gasteiger partial charge in [0.1, 0.15) is 0 Å². The van der Waals surface area contributed by atoms with Crippen molar-refractivity contribution < 1.29 is 4.79 Å². The Morgan fingerprint density at radius 1 is 1.42 bits per heavy atom. The number of rotatable bonds is 4. The number of carbonyl (C=O) groups excluding carboxylic acids is 1. The third kappa shape index (κ3) is 4.22. The molecule has 4 heteroatoms. The maximum absolute atomic E-state index is 12.1. The Labute approximate surface area is 121 Å². The van der Waals surface area contributed by atoms with Crippen LogP contribution >= 0.6 is 12.4 Å². The summed E-state index contributed by atoms with van der Waals surface area (Å²) in [5.41, 5.74) is 2.55. The highest BCUT2D eigenvalue weighted by Gasteiger charge is 2.22. The topological polar surface area (TPSA) is 32.3 Å². The van der Waals surface area contributed by atoms with Gasteiger partial charge in [0, 0.05) is 26.1 Å². The number of carbonyl (C=O) groups is 1. The van der Waals surface area contributed by atoms with Gasteiger partial charge in [-0.15, -0.1) is 12.4 Å². The van der Waals surface area contributed by atoms with Crippen molar-refractivity contribution in [3.8, 4) is 0 Å². The molecule has 0 spiro atoms. The van der Waals surface area contributed by atoms with E-state index in [1.807, 2.05) is 24.1 Å². The van der Waals surface area contributed by atoms with Crippen LogP contribution in [0.2, 0.25) is 0 Å². The Kier molecular flexibility index (Phi) is 6.32. The second-order valence-corrected chi connectivity index (χ2v) is 5.08. The van der Waals surface area contributed by atoms with Gasteiger partial charge in [0.25, 0.3) is 0 Å². The Morgan fingerprint density at radius 2 is 2.16 bits per heavy atom. The van der Waals surface area contributed by atoms with Crippen LogP contribution in [0.25, 0.3) is 0 Å². The monoisotopic (exact) mass is 282 g/mol. The normalized spacial score (nSPS) is 17.9. The van der Waals surface area contributed by atoms with Crippen molar-refractivity contribution in [3.63, 3.8) is 0 Å². The van der Waals surface area contributed by atoms with Crippen molar-refractivity contribution in [2.75, 3.05) is 20.1 Å². The lowest BCUT2D eigenvalue weighted by atomic mass is 10.0. The predicted molar refractivity (Wildman–Crippen MR) is 80.8 cm³/mol. The second-order valence-electron chi connectivity index (χ2n) is 5.08. The van der Waals surface area contributed by atoms with Gasteiger partial charge in [-0.1, -0.05) is 24.3 Å². The number of benzene rings is 1. The van der Waals surface area contributed by atoms with Gasteiger partial charge in [-0.25, -0.2) is 0 Å². The molecule has 1 heterocycles. The average molecular weight is 283 g/mol. The predicted octanol–water partition coefficient (Wildman–Crippen LogP) is 2.17. The smallest absolute Gasteiger partial charge is 0.222 e. The van der Waals surface area contributed by atoms with Crippen LogP contribution in [0, 0.1) is 6.92 Å². The van der Waals surface area contributed by atoms with E-state index in [0.29, 0.717) is 12.5 Å². The van der Waals surface area contributed by atoms with Gasteiger partial charge in [0.15, 0.2) is 0 Å². The molecule has 0 aromatic heterocycles. The van der Waals surface area contributed by atoms with Crippen LogP contribution in [0.15, 0.2) is 24.3 Å². The summed E-state index contributed by atoms with van der Waals surface area (Å²) in [6.07, 6.45) is 2.53. The molecule has 1 fully saturated rings. The minimum Gasteiger partial charge on any atom is -0.341 e. The summed E-state index contributed by atoms with van der Waals surface area (Å²) in [6, 6.07) is 8.67. The van der Waals surface area contributed by atoms with Crippen molar-refractivity contribution in [1.82, 2.24) is 10.2 Å². The molecule has 1 saturated heterocycles. The van der Waals surface area contributed by atoms with E-state index >= 15 is 0 Å². The molecule has 1 aromatic rings. The molecular weight excluding hydrogens is 260 g/mol. The van der Waals surface area contributed by atoms with Crippen LogP contribution in [0.3, 0.4) is 0 Å². The van der Waals surface area contributed by atoms with Gasteiger partial charge >= 0.3 is 0 Å². The summed E-state index contributed by atoms with van der Waals surface area (Å²) >= 11 is 0. The fourth-order valence-corrected chi connectivity index (χ4v) is 2.48. The van der Waals surface area contributed by atoms with Gasteiger partial charge in [0.05, 0.1) is 0 Å². The van der Waals surface area contributed by atoms with E-state index in [2.05, 4.69) is 24.4 Å². The molecule has 0 saturated carbocycles. The molecule has 106 valence electrons. The highest BCUT2D eigenvalue weighted by Crippen LogP contribution is 2.12. The summed E-state index contributed by atoms with van der Waals surface area (Å²) in [4.78, 5) is 14.0. The summed E-state index contributed by atoms with van der Waals surface area (Å²) in [7, 11) is 1.93. The fourth-order valence-electron chi connectivity index (χ4n) is 2.48. The second kappa shape index (κ2) is 7.51. The highest BCUT2D eigenvalue weighted by atomic mass is 35.5. The molecule has 1 aliphatic heterocycles. The third-order valence-corrected chi connectivity index (χ3v) is 3.84. The van der Waals surface area contributed by atoms with Crippen molar-refractivity contribution >= 4 is 18.3 Å². The highest BCUT2D eigenvalue weighted by molar-refractivity contribution is 5.85.